The van der Waals surface area contributed by atoms with Crippen LogP contribution in [0, 0.1) is 0 Å². The summed E-state index contributed by atoms with van der Waals surface area (Å²) in [6, 6.07) is 6.70. The van der Waals surface area contributed by atoms with Crippen molar-refractivity contribution in [3.05, 3.63) is 35.9 Å². The number of thioether (sulfide) groups is 1. The zero-order chi connectivity index (χ0) is 28.1. The number of nitrogens with one attached hydrogen (secondary N) is 2. The van der Waals surface area contributed by atoms with Crippen molar-refractivity contribution in [2.24, 2.45) is 16.5 Å². The standard InChI is InChI=1S/C25H35ClN6O5S/c1-16(33)38-15-22(35)30-18(13-17-7-3-2-4-8-17)23(36)31-24(37)20-10-6-12-32(20)19(21(34)14-26)9-5-11-29-25(27)28/h2-4,7-8,18-20H,5-6,9-15H2,1H3,(H,30,35)(H4,27,28,29)(H,31,36,37)/t18-,19+,20+/m1/s1. The van der Waals surface area contributed by atoms with Gasteiger partial charge in [0.2, 0.25) is 17.7 Å². The fourth-order valence-corrected chi connectivity index (χ4v) is 4.89. The minimum absolute atomic E-state index is 0.0424. The van der Waals surface area contributed by atoms with Crippen LogP contribution in [0.3, 0.4) is 0 Å². The highest BCUT2D eigenvalue weighted by molar-refractivity contribution is 8.14. The Morgan fingerprint density at radius 1 is 1.18 bits per heavy atom. The quantitative estimate of drug-likeness (QED) is 0.107. The first-order chi connectivity index (χ1) is 18.1. The highest BCUT2D eigenvalue weighted by atomic mass is 35.5. The molecule has 0 aromatic heterocycles. The second-order valence-corrected chi connectivity index (χ2v) is 10.3. The minimum Gasteiger partial charge on any atom is -0.370 e. The van der Waals surface area contributed by atoms with Crippen molar-refractivity contribution in [3.8, 4) is 0 Å². The van der Waals surface area contributed by atoms with E-state index in [0.717, 1.165) is 17.3 Å². The highest BCUT2D eigenvalue weighted by Crippen LogP contribution is 2.24. The van der Waals surface area contributed by atoms with Gasteiger partial charge in [0.05, 0.1) is 23.7 Å². The van der Waals surface area contributed by atoms with Gasteiger partial charge in [-0.25, -0.2) is 0 Å². The maximum absolute atomic E-state index is 13.2. The predicted molar refractivity (Wildman–Crippen MR) is 148 cm³/mol. The number of imide groups is 1. The number of carbonyl (C=O) groups is 5. The minimum atomic E-state index is -1.03. The zero-order valence-electron chi connectivity index (χ0n) is 21.4. The molecule has 0 radical (unpaired) electrons. The Morgan fingerprint density at radius 2 is 1.89 bits per heavy atom. The first-order valence-corrected chi connectivity index (χ1v) is 13.9. The van der Waals surface area contributed by atoms with Crippen molar-refractivity contribution >= 4 is 57.9 Å². The number of nitrogens with zero attached hydrogens (tertiary/aromatic N) is 2. The second kappa shape index (κ2) is 16.1. The number of rotatable bonds is 14. The van der Waals surface area contributed by atoms with Gasteiger partial charge in [0.25, 0.3) is 0 Å². The van der Waals surface area contributed by atoms with Crippen molar-refractivity contribution < 1.29 is 24.0 Å². The molecule has 1 aliphatic heterocycles. The molecule has 1 saturated heterocycles. The Kier molecular flexibility index (Phi) is 13.2. The molecular weight excluding hydrogens is 532 g/mol. The molecular formula is C25H35ClN6O5S. The Labute approximate surface area is 231 Å². The molecule has 3 atom stereocenters. The zero-order valence-corrected chi connectivity index (χ0v) is 22.9. The van der Waals surface area contributed by atoms with E-state index < -0.39 is 35.8 Å². The van der Waals surface area contributed by atoms with E-state index in [-0.39, 0.29) is 34.9 Å². The molecule has 0 spiro atoms. The number of ketones is 1. The number of Topliss-reactive ketones (excluding diaryl/α,β-unsaturated/α-hetero) is 1. The van der Waals surface area contributed by atoms with E-state index in [1.54, 1.807) is 17.0 Å². The number of alkyl halides is 1. The van der Waals surface area contributed by atoms with E-state index in [0.29, 0.717) is 38.8 Å². The molecule has 1 aromatic rings. The van der Waals surface area contributed by atoms with E-state index in [9.17, 15) is 24.0 Å². The third-order valence-corrected chi connectivity index (χ3v) is 7.09. The van der Waals surface area contributed by atoms with Crippen LogP contribution >= 0.6 is 23.4 Å². The van der Waals surface area contributed by atoms with Crippen molar-refractivity contribution in [1.29, 1.82) is 0 Å². The van der Waals surface area contributed by atoms with E-state index in [1.807, 2.05) is 18.2 Å². The molecule has 1 aromatic carbocycles. The average molecular weight is 567 g/mol. The van der Waals surface area contributed by atoms with Gasteiger partial charge in [-0.3, -0.25) is 39.2 Å². The topological polar surface area (TPSA) is 177 Å². The second-order valence-electron chi connectivity index (χ2n) is 8.90. The number of guanidine groups is 1. The van der Waals surface area contributed by atoms with Gasteiger partial charge >= 0.3 is 0 Å². The number of aliphatic imine (C=N–C) groups is 1. The van der Waals surface area contributed by atoms with Gasteiger partial charge in [-0.05, 0) is 37.8 Å². The molecule has 38 heavy (non-hydrogen) atoms. The lowest BCUT2D eigenvalue weighted by Gasteiger charge is -2.31. The van der Waals surface area contributed by atoms with Crippen molar-refractivity contribution in [3.63, 3.8) is 0 Å². The van der Waals surface area contributed by atoms with Crippen LogP contribution in [0.2, 0.25) is 0 Å². The third kappa shape index (κ3) is 10.4. The van der Waals surface area contributed by atoms with Gasteiger partial charge in [0, 0.05) is 19.9 Å². The van der Waals surface area contributed by atoms with Crippen molar-refractivity contribution in [2.45, 2.75) is 57.2 Å². The Morgan fingerprint density at radius 3 is 2.53 bits per heavy atom. The largest absolute Gasteiger partial charge is 0.370 e. The number of hydrogen-bond acceptors (Lipinski definition) is 8. The molecule has 0 bridgehead atoms. The van der Waals surface area contributed by atoms with E-state index in [2.05, 4.69) is 15.6 Å². The molecule has 0 saturated carbocycles. The molecule has 1 heterocycles. The van der Waals surface area contributed by atoms with Crippen LogP contribution < -0.4 is 22.1 Å². The normalized spacial score (nSPS) is 16.7. The third-order valence-electron chi connectivity index (χ3n) is 6.02. The van der Waals surface area contributed by atoms with E-state index in [4.69, 9.17) is 23.1 Å². The lowest BCUT2D eigenvalue weighted by Crippen LogP contribution is -2.55. The number of benzene rings is 1. The molecule has 11 nitrogen and oxygen atoms in total. The molecule has 13 heteroatoms. The maximum Gasteiger partial charge on any atom is 0.249 e. The first-order valence-electron chi connectivity index (χ1n) is 12.3. The van der Waals surface area contributed by atoms with E-state index >= 15 is 0 Å². The summed E-state index contributed by atoms with van der Waals surface area (Å²) in [7, 11) is 0. The summed E-state index contributed by atoms with van der Waals surface area (Å²) in [5, 5.41) is 4.83. The van der Waals surface area contributed by atoms with Gasteiger partial charge < -0.3 is 16.8 Å². The van der Waals surface area contributed by atoms with Crippen LogP contribution in [-0.2, 0) is 30.4 Å². The summed E-state index contributed by atoms with van der Waals surface area (Å²) in [5.41, 5.74) is 11.5. The van der Waals surface area contributed by atoms with Crippen molar-refractivity contribution in [2.75, 3.05) is 24.7 Å². The average Bonchev–Trinajstić information content (AvgIpc) is 3.37. The lowest BCUT2D eigenvalue weighted by atomic mass is 10.0. The number of halogens is 1. The Hall–Kier alpha value is -2.96. The Balaban J connectivity index is 2.12. The molecule has 3 amide bonds. The summed E-state index contributed by atoms with van der Waals surface area (Å²) in [6.45, 7) is 2.18. The number of hydrogen-bond donors (Lipinski definition) is 4. The Bertz CT molecular complexity index is 1020. The lowest BCUT2D eigenvalue weighted by molar-refractivity contribution is -0.136. The maximum atomic E-state index is 13.2. The van der Waals surface area contributed by atoms with Gasteiger partial charge in [-0.15, -0.1) is 11.6 Å². The van der Waals surface area contributed by atoms with Gasteiger partial charge in [-0.1, -0.05) is 42.1 Å². The molecule has 2 rings (SSSR count). The highest BCUT2D eigenvalue weighted by Gasteiger charge is 2.39. The van der Waals surface area contributed by atoms with Gasteiger partial charge in [0.15, 0.2) is 16.9 Å². The number of carbonyl (C=O) groups excluding carboxylic acids is 5. The number of nitrogens with two attached hydrogens (primary N) is 2. The summed E-state index contributed by atoms with van der Waals surface area (Å²) < 4.78 is 0. The number of amides is 3. The SMILES string of the molecule is CC(=O)SCC(=O)N[C@H](Cc1ccccc1)C(=O)NC(=O)[C@@H]1CCCN1[C@@H](CCCN=C(N)N)C(=O)CCl. The summed E-state index contributed by atoms with van der Waals surface area (Å²) >= 11 is 6.68. The van der Waals surface area contributed by atoms with Crippen LogP contribution in [0.1, 0.15) is 38.2 Å². The molecule has 1 aliphatic rings. The van der Waals surface area contributed by atoms with Crippen LogP contribution in [-0.4, -0.2) is 82.3 Å². The van der Waals surface area contributed by atoms with Gasteiger partial charge in [-0.2, -0.15) is 0 Å². The van der Waals surface area contributed by atoms with Crippen LogP contribution in [0.25, 0.3) is 0 Å². The smallest absolute Gasteiger partial charge is 0.249 e. The molecule has 6 N–H and O–H groups in total. The molecule has 0 unspecified atom stereocenters. The van der Waals surface area contributed by atoms with Crippen molar-refractivity contribution in [1.82, 2.24) is 15.5 Å². The predicted octanol–water partition coefficient (Wildman–Crippen LogP) is 0.331. The first kappa shape index (κ1) is 31.3. The van der Waals surface area contributed by atoms with Crippen LogP contribution in [0.5, 0.6) is 0 Å². The molecule has 1 fully saturated rings. The summed E-state index contributed by atoms with van der Waals surface area (Å²) in [5.74, 6) is -2.32. The monoisotopic (exact) mass is 566 g/mol. The van der Waals surface area contributed by atoms with Crippen LogP contribution in [0.4, 0.5) is 0 Å². The summed E-state index contributed by atoms with van der Waals surface area (Å²) in [6.07, 6.45) is 2.20. The molecule has 208 valence electrons. The van der Waals surface area contributed by atoms with Crippen LogP contribution in [0.15, 0.2) is 35.3 Å². The summed E-state index contributed by atoms with van der Waals surface area (Å²) in [4.78, 5) is 68.3. The molecule has 0 aliphatic carbocycles. The van der Waals surface area contributed by atoms with E-state index in [1.165, 1.54) is 6.92 Å². The fraction of sp³-hybridized carbons (Fsp3) is 0.520. The van der Waals surface area contributed by atoms with Gasteiger partial charge in [0.1, 0.15) is 6.04 Å². The number of likely N-dealkylation sites (tertiary alicyclic amines) is 1. The fourth-order valence-electron chi connectivity index (χ4n) is 4.29.